The van der Waals surface area contributed by atoms with Gasteiger partial charge >= 0.3 is 0 Å². The highest BCUT2D eigenvalue weighted by Crippen LogP contribution is 2.29. The van der Waals surface area contributed by atoms with Crippen LogP contribution in [0.1, 0.15) is 48.9 Å². The van der Waals surface area contributed by atoms with Crippen LogP contribution < -0.4 is 10.6 Å². The highest BCUT2D eigenvalue weighted by atomic mass is 32.2. The molecule has 3 rings (SSSR count). The largest absolute Gasteiger partial charge is 0.352 e. The van der Waals surface area contributed by atoms with Crippen LogP contribution in [0.3, 0.4) is 0 Å². The number of amides is 1. The molecule has 1 atom stereocenters. The number of carbonyl (C=O) groups is 1. The summed E-state index contributed by atoms with van der Waals surface area (Å²) in [4.78, 5) is 12.5. The zero-order chi connectivity index (χ0) is 17.0. The van der Waals surface area contributed by atoms with Crippen molar-refractivity contribution in [1.82, 2.24) is 10.6 Å². The van der Waals surface area contributed by atoms with E-state index in [4.69, 9.17) is 0 Å². The summed E-state index contributed by atoms with van der Waals surface area (Å²) in [6, 6.07) is 6.38. The number of hydrogen-bond acceptors (Lipinski definition) is 4. The molecule has 1 heterocycles. The Kier molecular flexibility index (Phi) is 5.56. The fourth-order valence-corrected chi connectivity index (χ4v) is 5.49. The molecule has 1 saturated carbocycles. The molecule has 0 radical (unpaired) electrons. The number of benzene rings is 1. The van der Waals surface area contributed by atoms with Gasteiger partial charge in [0.15, 0.2) is 9.84 Å². The molecular formula is C18H26N2O3S. The predicted octanol–water partition coefficient (Wildman–Crippen LogP) is 2.13. The van der Waals surface area contributed by atoms with Crippen molar-refractivity contribution in [3.8, 4) is 0 Å². The van der Waals surface area contributed by atoms with Gasteiger partial charge in [-0.3, -0.25) is 4.79 Å². The molecule has 0 bridgehead atoms. The molecule has 1 unspecified atom stereocenters. The third kappa shape index (κ3) is 3.98. The number of nitrogens with one attached hydrogen (secondary N) is 2. The minimum atomic E-state index is -3.25. The molecule has 1 aliphatic carbocycles. The molecular weight excluding hydrogens is 324 g/mol. The maximum absolute atomic E-state index is 12.5. The van der Waals surface area contributed by atoms with E-state index in [0.29, 0.717) is 22.9 Å². The molecule has 0 aromatic heterocycles. The number of carbonyl (C=O) groups excluding carboxylic acids is 1. The van der Waals surface area contributed by atoms with Crippen LogP contribution in [0.5, 0.6) is 0 Å². The second kappa shape index (κ2) is 7.66. The Morgan fingerprint density at radius 3 is 2.46 bits per heavy atom. The lowest BCUT2D eigenvalue weighted by Crippen LogP contribution is -2.26. The number of hydrogen-bond donors (Lipinski definition) is 2. The summed E-state index contributed by atoms with van der Waals surface area (Å²) in [6.07, 6.45) is 5.62. The molecule has 132 valence electrons. The van der Waals surface area contributed by atoms with Crippen molar-refractivity contribution in [3.05, 3.63) is 29.8 Å². The van der Waals surface area contributed by atoms with Crippen LogP contribution in [0.25, 0.3) is 0 Å². The maximum atomic E-state index is 12.5. The second-order valence-electron chi connectivity index (χ2n) is 6.88. The standard InChI is InChI=1S/C18H26N2O3S/c21-18(20-12-10-14-9-11-19-13-14)15-5-7-17(8-6-15)24(22,23)16-3-1-2-4-16/h5-8,14,16,19H,1-4,9-13H2,(H,20,21). The van der Waals surface area contributed by atoms with Crippen LogP contribution in [0, 0.1) is 5.92 Å². The minimum Gasteiger partial charge on any atom is -0.352 e. The van der Waals surface area contributed by atoms with Crippen molar-refractivity contribution in [2.24, 2.45) is 5.92 Å². The molecule has 2 fully saturated rings. The van der Waals surface area contributed by atoms with Crippen LogP contribution in [0.4, 0.5) is 0 Å². The third-order valence-electron chi connectivity index (χ3n) is 5.19. The van der Waals surface area contributed by atoms with Crippen molar-refractivity contribution in [2.45, 2.75) is 48.7 Å². The Morgan fingerprint density at radius 1 is 1.12 bits per heavy atom. The van der Waals surface area contributed by atoms with Crippen LogP contribution in [0.2, 0.25) is 0 Å². The van der Waals surface area contributed by atoms with Gasteiger partial charge in [0.05, 0.1) is 10.1 Å². The van der Waals surface area contributed by atoms with E-state index in [1.165, 1.54) is 6.42 Å². The second-order valence-corrected chi connectivity index (χ2v) is 9.11. The molecule has 0 spiro atoms. The van der Waals surface area contributed by atoms with E-state index < -0.39 is 9.84 Å². The highest BCUT2D eigenvalue weighted by Gasteiger charge is 2.30. The van der Waals surface area contributed by atoms with Crippen molar-refractivity contribution < 1.29 is 13.2 Å². The molecule has 6 heteroatoms. The Hall–Kier alpha value is -1.40. The Balaban J connectivity index is 1.56. The van der Waals surface area contributed by atoms with Crippen molar-refractivity contribution in [3.63, 3.8) is 0 Å². The summed E-state index contributed by atoms with van der Waals surface area (Å²) in [6.45, 7) is 2.76. The van der Waals surface area contributed by atoms with E-state index in [2.05, 4.69) is 10.6 Å². The zero-order valence-corrected chi connectivity index (χ0v) is 14.8. The van der Waals surface area contributed by atoms with Gasteiger partial charge in [0, 0.05) is 12.1 Å². The SMILES string of the molecule is O=C(NCCC1CCNC1)c1ccc(S(=O)(=O)C2CCCC2)cc1. The fraction of sp³-hybridized carbons (Fsp3) is 0.611. The molecule has 1 aliphatic heterocycles. The smallest absolute Gasteiger partial charge is 0.251 e. The van der Waals surface area contributed by atoms with Gasteiger partial charge in [-0.05, 0) is 69.0 Å². The average Bonchev–Trinajstić information content (AvgIpc) is 3.29. The maximum Gasteiger partial charge on any atom is 0.251 e. The fourth-order valence-electron chi connectivity index (χ4n) is 3.64. The molecule has 2 N–H and O–H groups in total. The van der Waals surface area contributed by atoms with Crippen LogP contribution in [0.15, 0.2) is 29.2 Å². The molecule has 24 heavy (non-hydrogen) atoms. The van der Waals surface area contributed by atoms with Crippen molar-refractivity contribution in [1.29, 1.82) is 0 Å². The highest BCUT2D eigenvalue weighted by molar-refractivity contribution is 7.92. The summed E-state index contributed by atoms with van der Waals surface area (Å²) in [5, 5.41) is 5.99. The normalized spacial score (nSPS) is 21.9. The van der Waals surface area contributed by atoms with Crippen molar-refractivity contribution >= 4 is 15.7 Å². The summed E-state index contributed by atoms with van der Waals surface area (Å²) in [5.74, 6) is 0.509. The third-order valence-corrected chi connectivity index (χ3v) is 7.46. The van der Waals surface area contributed by atoms with Crippen LogP contribution in [-0.2, 0) is 9.84 Å². The van der Waals surface area contributed by atoms with Gasteiger partial charge in [-0.2, -0.15) is 0 Å². The monoisotopic (exact) mass is 350 g/mol. The lowest BCUT2D eigenvalue weighted by Gasteiger charge is -2.12. The first-order valence-corrected chi connectivity index (χ1v) is 10.4. The van der Waals surface area contributed by atoms with Gasteiger partial charge in [-0.1, -0.05) is 12.8 Å². The van der Waals surface area contributed by atoms with Gasteiger partial charge in [0.1, 0.15) is 0 Å². The summed E-state index contributed by atoms with van der Waals surface area (Å²) >= 11 is 0. The first-order chi connectivity index (χ1) is 11.6. The Morgan fingerprint density at radius 2 is 1.83 bits per heavy atom. The molecule has 1 amide bonds. The molecule has 2 aliphatic rings. The van der Waals surface area contributed by atoms with Gasteiger partial charge in [-0.25, -0.2) is 8.42 Å². The Labute approximate surface area is 144 Å². The minimum absolute atomic E-state index is 0.134. The predicted molar refractivity (Wildman–Crippen MR) is 93.8 cm³/mol. The summed E-state index contributed by atoms with van der Waals surface area (Å²) in [7, 11) is -3.25. The Bertz CT molecular complexity index is 658. The number of rotatable bonds is 6. The molecule has 1 aromatic carbocycles. The average molecular weight is 350 g/mol. The lowest BCUT2D eigenvalue weighted by atomic mass is 10.1. The van der Waals surface area contributed by atoms with Gasteiger partial charge < -0.3 is 10.6 Å². The van der Waals surface area contributed by atoms with E-state index in [-0.39, 0.29) is 11.2 Å². The van der Waals surface area contributed by atoms with Crippen molar-refractivity contribution in [2.75, 3.05) is 19.6 Å². The van der Waals surface area contributed by atoms with Crippen LogP contribution in [-0.4, -0.2) is 39.2 Å². The summed E-state index contributed by atoms with van der Waals surface area (Å²) < 4.78 is 25.1. The summed E-state index contributed by atoms with van der Waals surface area (Å²) in [5.41, 5.74) is 0.518. The topological polar surface area (TPSA) is 75.3 Å². The first kappa shape index (κ1) is 17.4. The van der Waals surface area contributed by atoms with Gasteiger partial charge in [-0.15, -0.1) is 0 Å². The quantitative estimate of drug-likeness (QED) is 0.824. The van der Waals surface area contributed by atoms with Gasteiger partial charge in [0.2, 0.25) is 0 Å². The molecule has 5 nitrogen and oxygen atoms in total. The first-order valence-electron chi connectivity index (χ1n) is 8.90. The lowest BCUT2D eigenvalue weighted by molar-refractivity contribution is 0.0951. The zero-order valence-electron chi connectivity index (χ0n) is 14.0. The number of sulfone groups is 1. The van der Waals surface area contributed by atoms with Crippen LogP contribution >= 0.6 is 0 Å². The van der Waals surface area contributed by atoms with E-state index in [1.54, 1.807) is 24.3 Å². The van der Waals surface area contributed by atoms with E-state index in [0.717, 1.165) is 45.2 Å². The molecule has 1 saturated heterocycles. The van der Waals surface area contributed by atoms with E-state index >= 15 is 0 Å². The van der Waals surface area contributed by atoms with E-state index in [9.17, 15) is 13.2 Å². The molecule has 1 aromatic rings. The van der Waals surface area contributed by atoms with E-state index in [1.807, 2.05) is 0 Å². The van der Waals surface area contributed by atoms with Gasteiger partial charge in [0.25, 0.3) is 5.91 Å².